The monoisotopic (exact) mass is 296 g/mol. The molecule has 4 nitrogen and oxygen atoms in total. The van der Waals surface area contributed by atoms with Gasteiger partial charge < -0.3 is 10.5 Å². The molecule has 1 aromatic rings. The van der Waals surface area contributed by atoms with Gasteiger partial charge in [0.05, 0.1) is 11.6 Å². The van der Waals surface area contributed by atoms with Gasteiger partial charge in [-0.1, -0.05) is 6.92 Å². The number of nitrogens with two attached hydrogens (primary N) is 1. The summed E-state index contributed by atoms with van der Waals surface area (Å²) < 4.78 is 5.01. The number of carbonyl (C=O) groups is 1. The van der Waals surface area contributed by atoms with Crippen LogP contribution in [0.15, 0.2) is 17.2 Å². The summed E-state index contributed by atoms with van der Waals surface area (Å²) in [6.45, 7) is 9.94. The summed E-state index contributed by atoms with van der Waals surface area (Å²) in [5.74, 6) is -0.346. The Bertz CT molecular complexity index is 455. The Labute approximate surface area is 125 Å². The molecule has 112 valence electrons. The molecular weight excluding hydrogens is 272 g/mol. The second-order valence-corrected chi connectivity index (χ2v) is 6.85. The normalized spacial score (nSPS) is 15.5. The van der Waals surface area contributed by atoms with E-state index in [1.807, 2.05) is 26.0 Å². The number of ether oxygens (including phenoxy) is 1. The van der Waals surface area contributed by atoms with Crippen LogP contribution in [-0.2, 0) is 9.53 Å². The summed E-state index contributed by atoms with van der Waals surface area (Å²) in [5, 5.41) is 1.15. The molecule has 0 aliphatic carbocycles. The number of esters is 1. The fourth-order valence-corrected chi connectivity index (χ4v) is 3.38. The van der Waals surface area contributed by atoms with Crippen LogP contribution in [0.3, 0.4) is 0 Å². The number of pyridine rings is 1. The zero-order chi connectivity index (χ0) is 15.3. The van der Waals surface area contributed by atoms with Gasteiger partial charge in [0.15, 0.2) is 0 Å². The van der Waals surface area contributed by atoms with E-state index >= 15 is 0 Å². The molecule has 2 unspecified atom stereocenters. The molecule has 0 aliphatic rings. The van der Waals surface area contributed by atoms with E-state index < -0.39 is 5.54 Å². The Kier molecular flexibility index (Phi) is 6.02. The van der Waals surface area contributed by atoms with Gasteiger partial charge in [0.25, 0.3) is 0 Å². The van der Waals surface area contributed by atoms with E-state index in [0.717, 1.165) is 10.7 Å². The second-order valence-electron chi connectivity index (χ2n) is 5.39. The summed E-state index contributed by atoms with van der Waals surface area (Å²) in [5.41, 5.74) is 7.28. The summed E-state index contributed by atoms with van der Waals surface area (Å²) in [7, 11) is 0. The lowest BCUT2D eigenvalue weighted by atomic mass is 9.98. The van der Waals surface area contributed by atoms with Gasteiger partial charge in [-0.3, -0.25) is 4.79 Å². The van der Waals surface area contributed by atoms with Gasteiger partial charge in [-0.2, -0.15) is 0 Å². The lowest BCUT2D eigenvalue weighted by Crippen LogP contribution is -2.47. The summed E-state index contributed by atoms with van der Waals surface area (Å²) >= 11 is 1.64. The molecule has 1 heterocycles. The Morgan fingerprint density at radius 3 is 2.70 bits per heavy atom. The first kappa shape index (κ1) is 17.0. The fraction of sp³-hybridized carbons (Fsp3) is 0.600. The minimum absolute atomic E-state index is 0.183. The molecule has 0 saturated heterocycles. The third-order valence-electron chi connectivity index (χ3n) is 2.85. The van der Waals surface area contributed by atoms with E-state index in [1.54, 1.807) is 25.6 Å². The molecule has 0 fully saturated rings. The molecule has 0 radical (unpaired) electrons. The van der Waals surface area contributed by atoms with Crippen molar-refractivity contribution in [2.45, 2.75) is 56.9 Å². The van der Waals surface area contributed by atoms with E-state index in [4.69, 9.17) is 10.5 Å². The summed E-state index contributed by atoms with van der Waals surface area (Å²) in [6, 6.07) is 4.09. The van der Waals surface area contributed by atoms with Crippen molar-refractivity contribution in [2.75, 3.05) is 6.61 Å². The van der Waals surface area contributed by atoms with Crippen molar-refractivity contribution in [1.29, 1.82) is 0 Å². The zero-order valence-electron chi connectivity index (χ0n) is 12.9. The molecule has 5 heteroatoms. The number of hydrogen-bond acceptors (Lipinski definition) is 5. The van der Waals surface area contributed by atoms with Crippen molar-refractivity contribution in [3.8, 4) is 0 Å². The van der Waals surface area contributed by atoms with Crippen molar-refractivity contribution in [1.82, 2.24) is 4.98 Å². The van der Waals surface area contributed by atoms with Crippen molar-refractivity contribution in [2.24, 2.45) is 5.73 Å². The highest BCUT2D eigenvalue weighted by molar-refractivity contribution is 7.99. The van der Waals surface area contributed by atoms with E-state index in [-0.39, 0.29) is 11.2 Å². The Morgan fingerprint density at radius 2 is 2.15 bits per heavy atom. The van der Waals surface area contributed by atoms with Crippen LogP contribution < -0.4 is 5.73 Å². The Balaban J connectivity index is 2.67. The minimum atomic E-state index is -0.957. The molecule has 0 aromatic carbocycles. The third-order valence-corrected chi connectivity index (χ3v) is 3.87. The predicted molar refractivity (Wildman–Crippen MR) is 82.9 cm³/mol. The molecule has 0 spiro atoms. The third kappa shape index (κ3) is 5.13. The number of aryl methyl sites for hydroxylation is 2. The van der Waals surface area contributed by atoms with E-state index in [1.165, 1.54) is 5.56 Å². The van der Waals surface area contributed by atoms with Crippen molar-refractivity contribution >= 4 is 17.7 Å². The van der Waals surface area contributed by atoms with E-state index in [2.05, 4.69) is 11.9 Å². The number of nitrogens with zero attached hydrogens (tertiary/aromatic N) is 1. The minimum Gasteiger partial charge on any atom is -0.465 e. The van der Waals surface area contributed by atoms with Gasteiger partial charge in [0, 0.05) is 10.9 Å². The molecule has 2 N–H and O–H groups in total. The predicted octanol–water partition coefficient (Wildman–Crippen LogP) is 2.85. The first-order valence-electron chi connectivity index (χ1n) is 6.82. The van der Waals surface area contributed by atoms with Crippen LogP contribution in [0.25, 0.3) is 0 Å². The van der Waals surface area contributed by atoms with E-state index in [0.29, 0.717) is 13.0 Å². The van der Waals surface area contributed by atoms with Gasteiger partial charge in [-0.15, -0.1) is 11.8 Å². The maximum atomic E-state index is 11.8. The van der Waals surface area contributed by atoms with Crippen molar-refractivity contribution in [3.05, 3.63) is 23.4 Å². The zero-order valence-corrected chi connectivity index (χ0v) is 13.7. The van der Waals surface area contributed by atoms with Crippen LogP contribution in [0.2, 0.25) is 0 Å². The highest BCUT2D eigenvalue weighted by Gasteiger charge is 2.32. The smallest absolute Gasteiger partial charge is 0.325 e. The summed E-state index contributed by atoms with van der Waals surface area (Å²) in [4.78, 5) is 16.3. The number of carbonyl (C=O) groups excluding carboxylic acids is 1. The van der Waals surface area contributed by atoms with Gasteiger partial charge in [0.2, 0.25) is 0 Å². The molecule has 2 atom stereocenters. The SMILES string of the molecule is CCOC(=O)C(C)(N)CC(C)Sc1cc(C)cc(C)n1. The fourth-order valence-electron chi connectivity index (χ4n) is 2.09. The van der Waals surface area contributed by atoms with Crippen LogP contribution in [0.4, 0.5) is 0 Å². The number of aromatic nitrogens is 1. The number of rotatable bonds is 6. The highest BCUT2D eigenvalue weighted by Crippen LogP contribution is 2.28. The Hall–Kier alpha value is -1.07. The molecular formula is C15H24N2O2S. The summed E-state index contributed by atoms with van der Waals surface area (Å²) in [6.07, 6.45) is 0.547. The van der Waals surface area contributed by atoms with Crippen LogP contribution in [0, 0.1) is 13.8 Å². The average Bonchev–Trinajstić information content (AvgIpc) is 2.26. The molecule has 0 aliphatic heterocycles. The second kappa shape index (κ2) is 7.09. The lowest BCUT2D eigenvalue weighted by Gasteiger charge is -2.25. The number of hydrogen-bond donors (Lipinski definition) is 1. The van der Waals surface area contributed by atoms with Gasteiger partial charge in [0.1, 0.15) is 5.54 Å². The lowest BCUT2D eigenvalue weighted by molar-refractivity contribution is -0.149. The molecule has 20 heavy (non-hydrogen) atoms. The van der Waals surface area contributed by atoms with Crippen LogP contribution in [0.5, 0.6) is 0 Å². The number of thioether (sulfide) groups is 1. The van der Waals surface area contributed by atoms with Crippen LogP contribution in [0.1, 0.15) is 38.4 Å². The Morgan fingerprint density at radius 1 is 1.50 bits per heavy atom. The molecule has 1 aromatic heterocycles. The van der Waals surface area contributed by atoms with Crippen molar-refractivity contribution < 1.29 is 9.53 Å². The standard InChI is InChI=1S/C15H24N2O2S/c1-6-19-14(18)15(5,16)9-12(4)20-13-8-10(2)7-11(3)17-13/h7-8,12H,6,9,16H2,1-5H3. The van der Waals surface area contributed by atoms with Crippen LogP contribution in [-0.4, -0.2) is 28.3 Å². The maximum Gasteiger partial charge on any atom is 0.325 e. The first-order chi connectivity index (χ1) is 9.24. The quantitative estimate of drug-likeness (QED) is 0.646. The largest absolute Gasteiger partial charge is 0.465 e. The van der Waals surface area contributed by atoms with E-state index in [9.17, 15) is 4.79 Å². The molecule has 0 amide bonds. The van der Waals surface area contributed by atoms with Crippen LogP contribution >= 0.6 is 11.8 Å². The maximum absolute atomic E-state index is 11.8. The first-order valence-corrected chi connectivity index (χ1v) is 7.70. The molecule has 0 saturated carbocycles. The van der Waals surface area contributed by atoms with Gasteiger partial charge in [-0.25, -0.2) is 4.98 Å². The topological polar surface area (TPSA) is 65.2 Å². The van der Waals surface area contributed by atoms with Crippen molar-refractivity contribution in [3.63, 3.8) is 0 Å². The average molecular weight is 296 g/mol. The molecule has 1 rings (SSSR count). The highest BCUT2D eigenvalue weighted by atomic mass is 32.2. The molecule has 0 bridgehead atoms. The van der Waals surface area contributed by atoms with Gasteiger partial charge >= 0.3 is 5.97 Å². The van der Waals surface area contributed by atoms with Gasteiger partial charge in [-0.05, 0) is 51.8 Å².